The molecule has 2 amide bonds. The predicted molar refractivity (Wildman–Crippen MR) is 93.1 cm³/mol. The molecule has 30 heavy (non-hydrogen) atoms. The van der Waals surface area contributed by atoms with Gasteiger partial charge in [-0.05, 0) is 48.5 Å². The van der Waals surface area contributed by atoms with Crippen molar-refractivity contribution in [2.24, 2.45) is 0 Å². The summed E-state index contributed by atoms with van der Waals surface area (Å²) in [6.07, 6.45) is 0. The molecule has 2 aromatic rings. The molecule has 0 unspecified atom stereocenters. The van der Waals surface area contributed by atoms with Crippen LogP contribution in [0.25, 0.3) is 0 Å². The van der Waals surface area contributed by atoms with Gasteiger partial charge in [0.05, 0.1) is 35.5 Å². The fourth-order valence-corrected chi connectivity index (χ4v) is 3.09. The predicted octanol–water partition coefficient (Wildman–Crippen LogP) is -4.99. The van der Waals surface area contributed by atoms with Crippen LogP contribution in [0.4, 0.5) is 11.4 Å². The van der Waals surface area contributed by atoms with Crippen molar-refractivity contribution in [1.82, 2.24) is 0 Å². The summed E-state index contributed by atoms with van der Waals surface area (Å²) in [5.74, 6) is -1.16. The number of amides is 2. The quantitative estimate of drug-likeness (QED) is 0.0869. The summed E-state index contributed by atoms with van der Waals surface area (Å²) in [6, 6.07) is 12.6. The maximum Gasteiger partial charge on any atom is 1.00 e. The van der Waals surface area contributed by atoms with Crippen molar-refractivity contribution in [1.29, 1.82) is 0 Å². The zero-order valence-electron chi connectivity index (χ0n) is 15.8. The van der Waals surface area contributed by atoms with E-state index in [9.17, 15) is 20.1 Å². The standard InChI is InChI=1S/C16H12N2O8S2.2K/c1-10-15(19)17(11-2-6-13(7-3-11)27-25-23-21)18(16(10)20)12-4-8-14(9-5-12)28-26-24-22;;/h2-9,21-22H,1H2;;/q;2*+1/p-2. The van der Waals surface area contributed by atoms with Gasteiger partial charge in [0.2, 0.25) is 0 Å². The Balaban J connectivity index is 0.00000225. The number of anilines is 2. The first-order chi connectivity index (χ1) is 13.6. The number of nitrogens with zero attached hydrogens (tertiary/aromatic N) is 2. The van der Waals surface area contributed by atoms with Gasteiger partial charge in [0, 0.05) is 9.79 Å². The molecule has 14 heteroatoms. The molecule has 1 fully saturated rings. The topological polar surface area (TPSA) is 124 Å². The maximum absolute atomic E-state index is 12.6. The van der Waals surface area contributed by atoms with E-state index in [1.165, 1.54) is 10.0 Å². The Morgan fingerprint density at radius 3 is 1.33 bits per heavy atom. The van der Waals surface area contributed by atoms with Gasteiger partial charge in [-0.25, -0.2) is 10.0 Å². The molecule has 1 aliphatic rings. The molecule has 0 bridgehead atoms. The summed E-state index contributed by atoms with van der Waals surface area (Å²) in [7, 11) is 0. The van der Waals surface area contributed by atoms with E-state index in [2.05, 4.69) is 25.3 Å². The number of carbonyl (C=O) groups excluding carboxylic acids is 2. The minimum atomic E-state index is -0.578. The SMILES string of the molecule is C=C1C(=O)N(c2ccc(SOO[O-])cc2)N(c2ccc(SOO[O-])cc2)C1=O.[K+].[K+]. The number of hydrogen-bond acceptors (Lipinski definition) is 10. The molecule has 10 nitrogen and oxygen atoms in total. The van der Waals surface area contributed by atoms with E-state index >= 15 is 0 Å². The Kier molecular flexibility index (Phi) is 13.7. The minimum absolute atomic E-state index is 0. The van der Waals surface area contributed by atoms with Gasteiger partial charge in [-0.15, -0.1) is 0 Å². The second kappa shape index (κ2) is 14.2. The number of benzene rings is 2. The van der Waals surface area contributed by atoms with E-state index in [1.54, 1.807) is 48.5 Å². The number of hydrogen-bond donors (Lipinski definition) is 0. The van der Waals surface area contributed by atoms with Crippen LogP contribution in [0, 0.1) is 0 Å². The second-order valence-electron chi connectivity index (χ2n) is 5.14. The van der Waals surface area contributed by atoms with E-state index < -0.39 is 11.8 Å². The van der Waals surface area contributed by atoms with Gasteiger partial charge in [0.1, 0.15) is 5.57 Å². The van der Waals surface area contributed by atoms with Crippen LogP contribution in [-0.4, -0.2) is 11.8 Å². The molecule has 0 N–H and O–H groups in total. The Morgan fingerprint density at radius 1 is 0.700 bits per heavy atom. The summed E-state index contributed by atoms with van der Waals surface area (Å²) < 4.78 is 8.46. The summed E-state index contributed by atoms with van der Waals surface area (Å²) in [6.45, 7) is 3.55. The van der Waals surface area contributed by atoms with Crippen LogP contribution in [0.5, 0.6) is 0 Å². The first kappa shape index (κ1) is 28.9. The van der Waals surface area contributed by atoms with Gasteiger partial charge >= 0.3 is 103 Å². The molecule has 0 atom stereocenters. The summed E-state index contributed by atoms with van der Waals surface area (Å²) in [4.78, 5) is 26.2. The van der Waals surface area contributed by atoms with Crippen LogP contribution in [0.1, 0.15) is 0 Å². The van der Waals surface area contributed by atoms with Crippen molar-refractivity contribution in [3.8, 4) is 0 Å². The largest absolute Gasteiger partial charge is 1.00 e. The van der Waals surface area contributed by atoms with E-state index in [0.29, 0.717) is 45.3 Å². The molecule has 0 saturated carbocycles. The van der Waals surface area contributed by atoms with Crippen molar-refractivity contribution < 1.29 is 142 Å². The van der Waals surface area contributed by atoms with Crippen LogP contribution in [-0.2, 0) is 28.3 Å². The second-order valence-corrected chi connectivity index (χ2v) is 6.69. The van der Waals surface area contributed by atoms with Crippen LogP contribution >= 0.6 is 24.1 Å². The van der Waals surface area contributed by atoms with Crippen LogP contribution in [0.15, 0.2) is 70.5 Å². The molecule has 1 heterocycles. The molecule has 0 radical (unpaired) electrons. The normalized spacial score (nSPS) is 13.3. The van der Waals surface area contributed by atoms with Gasteiger partial charge < -0.3 is 10.5 Å². The smallest absolute Gasteiger partial charge is 0.691 e. The molecule has 1 aliphatic heterocycles. The molecular formula is C16H10K2N2O8S2. The first-order valence-corrected chi connectivity index (χ1v) is 8.89. The van der Waals surface area contributed by atoms with Crippen molar-refractivity contribution in [2.45, 2.75) is 9.79 Å². The number of hydrazine groups is 1. The monoisotopic (exact) mass is 500 g/mol. The third kappa shape index (κ3) is 6.92. The van der Waals surface area contributed by atoms with Crippen LogP contribution in [0.2, 0.25) is 0 Å². The van der Waals surface area contributed by atoms with Gasteiger partial charge in [0.25, 0.3) is 11.8 Å². The van der Waals surface area contributed by atoms with E-state index in [-0.39, 0.29) is 108 Å². The van der Waals surface area contributed by atoms with Crippen LogP contribution < -0.4 is 123 Å². The fraction of sp³-hybridized carbons (Fsp3) is 0. The first-order valence-electron chi connectivity index (χ1n) is 7.41. The molecule has 0 aromatic heterocycles. The third-order valence-electron chi connectivity index (χ3n) is 3.58. The van der Waals surface area contributed by atoms with E-state index in [4.69, 9.17) is 0 Å². The number of rotatable bonds is 8. The van der Waals surface area contributed by atoms with Crippen LogP contribution in [0.3, 0.4) is 0 Å². The van der Waals surface area contributed by atoms with Crippen molar-refractivity contribution in [3.63, 3.8) is 0 Å². The van der Waals surface area contributed by atoms with Gasteiger partial charge in [-0.1, -0.05) is 6.58 Å². The molecule has 0 spiro atoms. The average molecular weight is 501 g/mol. The molecule has 3 rings (SSSR count). The van der Waals surface area contributed by atoms with Crippen molar-refractivity contribution >= 4 is 47.3 Å². The Morgan fingerprint density at radius 2 is 1.03 bits per heavy atom. The third-order valence-corrected chi connectivity index (χ3v) is 4.76. The minimum Gasteiger partial charge on any atom is -0.691 e. The summed E-state index contributed by atoms with van der Waals surface area (Å²) in [5.41, 5.74) is 0.597. The van der Waals surface area contributed by atoms with Gasteiger partial charge in [-0.2, -0.15) is 8.67 Å². The average Bonchev–Trinajstić information content (AvgIpc) is 2.95. The van der Waals surface area contributed by atoms with Gasteiger partial charge in [-0.3, -0.25) is 19.7 Å². The van der Waals surface area contributed by atoms with E-state index in [0.717, 1.165) is 0 Å². The zero-order valence-corrected chi connectivity index (χ0v) is 23.7. The Hall–Kier alpha value is 0.853. The molecular weight excluding hydrogens is 491 g/mol. The maximum atomic E-state index is 12.6. The van der Waals surface area contributed by atoms with Crippen molar-refractivity contribution in [3.05, 3.63) is 60.7 Å². The molecule has 2 aromatic carbocycles. The molecule has 0 aliphatic carbocycles. The summed E-state index contributed by atoms with van der Waals surface area (Å²) in [5, 5.41) is 28.7. The van der Waals surface area contributed by atoms with Crippen molar-refractivity contribution in [2.75, 3.05) is 10.0 Å². The Labute approximate surface area is 264 Å². The number of carbonyl (C=O) groups is 2. The molecule has 146 valence electrons. The fourth-order valence-electron chi connectivity index (χ4n) is 2.39. The molecule has 1 saturated heterocycles. The van der Waals surface area contributed by atoms with Gasteiger partial charge in [0.15, 0.2) is 0 Å². The summed E-state index contributed by atoms with van der Waals surface area (Å²) >= 11 is 1.39. The zero-order chi connectivity index (χ0) is 20.1. The van der Waals surface area contributed by atoms with E-state index in [1.807, 2.05) is 0 Å². The Bertz CT molecular complexity index is 814.